The van der Waals surface area contributed by atoms with Gasteiger partial charge in [0.1, 0.15) is 41.7 Å². The molecule has 3 saturated heterocycles. The van der Waals surface area contributed by atoms with Gasteiger partial charge in [0.15, 0.2) is 5.76 Å². The van der Waals surface area contributed by atoms with Gasteiger partial charge in [0.2, 0.25) is 17.7 Å². The summed E-state index contributed by atoms with van der Waals surface area (Å²) in [4.78, 5) is 69.1. The van der Waals surface area contributed by atoms with Crippen LogP contribution in [0, 0.1) is 11.3 Å². The van der Waals surface area contributed by atoms with Gasteiger partial charge in [-0.25, -0.2) is 26.5 Å². The molecule has 3 fully saturated rings. The number of aliphatic hydroxyl groups excluding tert-OH is 1. The van der Waals surface area contributed by atoms with Crippen LogP contribution in [-0.4, -0.2) is 190 Å². The van der Waals surface area contributed by atoms with E-state index in [0.29, 0.717) is 94.3 Å². The number of anilines is 2. The molecule has 4 amide bonds. The van der Waals surface area contributed by atoms with Gasteiger partial charge in [-0.3, -0.25) is 29.0 Å². The number of aliphatic hydroxyl groups is 1. The first-order valence-corrected chi connectivity index (χ1v) is 41.6. The highest BCUT2D eigenvalue weighted by molar-refractivity contribution is 7.99. The molecule has 23 nitrogen and oxygen atoms in total. The molecule has 2 aromatic heterocycles. The van der Waals surface area contributed by atoms with Gasteiger partial charge >= 0.3 is 5.51 Å². The zero-order valence-corrected chi connectivity index (χ0v) is 64.4. The number of β-amino-alcohol motifs (C(OH)–C–C–N with tert-alkyl or cyclic N) is 1. The van der Waals surface area contributed by atoms with Gasteiger partial charge in [-0.1, -0.05) is 81.3 Å². The Morgan fingerprint density at radius 1 is 0.870 bits per heavy atom. The molecule has 7 heterocycles. The minimum Gasteiger partial charge on any atom is -0.489 e. The highest BCUT2D eigenvalue weighted by Crippen LogP contribution is 2.45. The number of carbonyl (C=O) groups is 4. The maximum absolute atomic E-state index is 14.7. The molecule has 5 aromatic carbocycles. The summed E-state index contributed by atoms with van der Waals surface area (Å²) < 4.78 is 125. The second-order valence-electron chi connectivity index (χ2n) is 29.5. The van der Waals surface area contributed by atoms with Crippen molar-refractivity contribution in [3.63, 3.8) is 0 Å². The van der Waals surface area contributed by atoms with Crippen molar-refractivity contribution in [3.05, 3.63) is 160 Å². The maximum atomic E-state index is 14.7. The normalized spacial score (nSPS) is 19.5. The van der Waals surface area contributed by atoms with Crippen molar-refractivity contribution in [2.24, 2.45) is 11.3 Å². The van der Waals surface area contributed by atoms with Gasteiger partial charge in [-0.15, -0.1) is 23.1 Å². The summed E-state index contributed by atoms with van der Waals surface area (Å²) in [6.45, 7) is 14.3. The second-order valence-corrected chi connectivity index (χ2v) is 35.5. The smallest absolute Gasteiger partial charge is 0.489 e. The van der Waals surface area contributed by atoms with E-state index in [2.05, 4.69) is 61.5 Å². The summed E-state index contributed by atoms with van der Waals surface area (Å²) >= 11 is 9.17. The van der Waals surface area contributed by atoms with Crippen molar-refractivity contribution < 1.29 is 73.0 Å². The van der Waals surface area contributed by atoms with Crippen molar-refractivity contribution >= 4 is 95.1 Å². The second kappa shape index (κ2) is 33.1. The number of likely N-dealkylation sites (tertiary alicyclic amines) is 1. The number of sulfonamides is 1. The Hall–Kier alpha value is -8.23. The Morgan fingerprint density at radius 3 is 2.42 bits per heavy atom. The average molecular weight is 1580 g/mol. The van der Waals surface area contributed by atoms with Gasteiger partial charge in [0.05, 0.1) is 57.5 Å². The van der Waals surface area contributed by atoms with Crippen LogP contribution in [-0.2, 0) is 47.3 Å². The number of rotatable bonds is 27. The molecule has 0 bridgehead atoms. The predicted molar refractivity (Wildman–Crippen MR) is 405 cm³/mol. The van der Waals surface area contributed by atoms with E-state index in [-0.39, 0.29) is 90.5 Å². The molecule has 0 saturated carbocycles. The van der Waals surface area contributed by atoms with E-state index >= 15 is 0 Å². The monoisotopic (exact) mass is 1580 g/mol. The minimum atomic E-state index is -6.20. The van der Waals surface area contributed by atoms with Crippen LogP contribution in [0.2, 0.25) is 5.02 Å². The molecular weight excluding hydrogens is 1490 g/mol. The number of sulfone groups is 1. The van der Waals surface area contributed by atoms with Crippen LogP contribution in [0.5, 0.6) is 17.4 Å². The number of thiazole rings is 1. The first kappa shape index (κ1) is 77.9. The molecule has 1 aliphatic carbocycles. The van der Waals surface area contributed by atoms with Crippen molar-refractivity contribution in [3.8, 4) is 27.8 Å². The number of nitrogens with zero attached hydrogens (tertiary/aromatic N) is 7. The number of fused-ring (bicyclic) bond motifs is 6. The van der Waals surface area contributed by atoms with E-state index in [1.54, 1.807) is 22.5 Å². The summed E-state index contributed by atoms with van der Waals surface area (Å²) in [6, 6.07) is 30.6. The molecule has 5 atom stereocenters. The highest BCUT2D eigenvalue weighted by atomic mass is 35.5. The fourth-order valence-electron chi connectivity index (χ4n) is 15.1. The number of halogens is 4. The van der Waals surface area contributed by atoms with E-state index in [4.69, 9.17) is 30.3 Å². The maximum Gasteiger partial charge on any atom is 0.501 e. The summed E-state index contributed by atoms with van der Waals surface area (Å²) in [5.74, 6) is -1.21. The number of benzene rings is 5. The van der Waals surface area contributed by atoms with Gasteiger partial charge in [-0.05, 0) is 145 Å². The molecule has 0 radical (unpaired) electrons. The molecule has 6 aliphatic rings. The quantitative estimate of drug-likeness (QED) is 0.0275. The van der Waals surface area contributed by atoms with Crippen molar-refractivity contribution in [1.29, 1.82) is 0 Å². The number of nitrogens with one attached hydrogen (secondary N) is 3. The van der Waals surface area contributed by atoms with Gasteiger partial charge < -0.3 is 49.2 Å². The van der Waals surface area contributed by atoms with Crippen LogP contribution >= 0.6 is 34.7 Å². The van der Waals surface area contributed by atoms with Crippen LogP contribution in [0.15, 0.2) is 146 Å². The fraction of sp³-hybridized carbons (Fsp3) is 0.455. The van der Waals surface area contributed by atoms with Crippen molar-refractivity contribution in [2.45, 2.75) is 143 Å². The lowest BCUT2D eigenvalue weighted by molar-refractivity contribution is -0.137. The number of carbonyl (C=O) groups excluding carboxylic acids is 4. The third kappa shape index (κ3) is 18.3. The number of hydrogen-bond acceptors (Lipinski definition) is 21. The Balaban J connectivity index is 0.580. The summed E-state index contributed by atoms with van der Waals surface area (Å²) in [5.41, 5.74) is 2.71. The molecule has 5 aliphatic heterocycles. The Bertz CT molecular complexity index is 4710. The Morgan fingerprint density at radius 2 is 1.65 bits per heavy atom. The Labute approximate surface area is 639 Å². The van der Waals surface area contributed by atoms with Crippen LogP contribution in [0.25, 0.3) is 16.0 Å². The number of amides is 4. The standard InChI is InChI=1S/C77H88ClF3N10O13S4/c1-48(2)72(75(96)91-43-56(92)37-68(91)84-69(93)35-49-13-20-60-64(34-49)103-45-62-73(60)106-47-82-62)66-39-70(85-104-66)101-33-9-8-12-71(94)89-30-27-87(28-31-89)26-24-54(46-105-57-10-6-5-7-11-57)83-61-21-19-58(38-67(61)107(97,98)77(79,80)81)108(99,100)86-74(95)51-16-22-63-65(36-51)102-44-55-42-88(29-32-90(55)63)41-52-40-76(3,4)25-23-59(52)50-14-17-53(78)18-15-50/h5-7,10-11,13-22,34,36,38-39,47-48,54-56,68,72,83,92H,8-9,12,23-33,35,37,40-46H2,1-4H3,(H,84,93)(H,86,95)/t54-,55+,56-,68+,72-/m1/s1. The third-order valence-electron chi connectivity index (χ3n) is 20.8. The van der Waals surface area contributed by atoms with Crippen LogP contribution in [0.1, 0.15) is 118 Å². The summed E-state index contributed by atoms with van der Waals surface area (Å²) in [7, 11) is -11.2. The lowest BCUT2D eigenvalue weighted by Gasteiger charge is -2.46. The molecule has 576 valence electrons. The van der Waals surface area contributed by atoms with Gasteiger partial charge in [-0.2, -0.15) is 13.2 Å². The third-order valence-corrected chi connectivity index (χ3v) is 26.0. The number of alkyl halides is 3. The minimum absolute atomic E-state index is 0.0124. The molecule has 0 spiro atoms. The number of allylic oxidation sites excluding steroid dienone is 1. The number of thioether (sulfide) groups is 1. The zero-order valence-electron chi connectivity index (χ0n) is 60.4. The predicted octanol–water partition coefficient (Wildman–Crippen LogP) is 11.7. The summed E-state index contributed by atoms with van der Waals surface area (Å²) in [6.07, 6.45) is 3.11. The SMILES string of the molecule is CC(C)[C@@H](C(=O)N1C[C@H](O)C[C@H]1NC(=O)Cc1ccc2c(c1)OCc1ncsc1-2)c1cc(OCCCCC(=O)N2CCN(CC[C@H](CSc3ccccc3)Nc3ccc(S(=O)(=O)NC(=O)c4ccc5c(c4)OC[C@@H]4CN(CC6=C(c7ccc(Cl)cc7)CCC(C)(C)C6)CCN54)cc3S(=O)(=O)C(F)(F)F)CC2)no1. The molecular formula is C77H88ClF3N10O13S4. The molecule has 7 aromatic rings. The average Bonchev–Trinajstić information content (AvgIpc) is 1.16. The summed E-state index contributed by atoms with van der Waals surface area (Å²) in [5, 5.41) is 21.5. The van der Waals surface area contributed by atoms with E-state index in [1.165, 1.54) is 56.8 Å². The van der Waals surface area contributed by atoms with Crippen molar-refractivity contribution in [2.75, 3.05) is 94.6 Å². The highest BCUT2D eigenvalue weighted by Gasteiger charge is 2.49. The number of piperazine rings is 2. The number of aromatic nitrogens is 2. The van der Waals surface area contributed by atoms with E-state index in [1.807, 2.05) is 79.2 Å². The van der Waals surface area contributed by atoms with Crippen LogP contribution in [0.3, 0.4) is 0 Å². The number of hydrogen-bond donors (Lipinski definition) is 4. The lowest BCUT2D eigenvalue weighted by atomic mass is 9.72. The number of unbranched alkanes of at least 4 members (excludes halogenated alkanes) is 1. The zero-order chi connectivity index (χ0) is 76.2. The first-order valence-electron chi connectivity index (χ1n) is 36.4. The fourth-order valence-corrected chi connectivity index (χ4v) is 19.0. The molecule has 108 heavy (non-hydrogen) atoms. The number of ether oxygens (including phenoxy) is 3. The molecule has 13 rings (SSSR count). The van der Waals surface area contributed by atoms with Gasteiger partial charge in [0, 0.05) is 117 Å². The van der Waals surface area contributed by atoms with Crippen molar-refractivity contribution in [1.82, 2.24) is 39.8 Å². The Kier molecular flexibility index (Phi) is 23.9. The van der Waals surface area contributed by atoms with E-state index in [0.717, 1.165) is 83.3 Å². The topological polar surface area (TPSA) is 276 Å². The van der Waals surface area contributed by atoms with E-state index in [9.17, 15) is 54.3 Å². The first-order chi connectivity index (χ1) is 51.6. The van der Waals surface area contributed by atoms with E-state index < -0.39 is 71.0 Å². The van der Waals surface area contributed by atoms with Crippen LogP contribution in [0.4, 0.5) is 24.5 Å². The van der Waals surface area contributed by atoms with Crippen LogP contribution < -0.4 is 34.5 Å². The molecule has 31 heteroatoms. The largest absolute Gasteiger partial charge is 0.501 e. The molecule has 0 unspecified atom stereocenters. The lowest BCUT2D eigenvalue weighted by Crippen LogP contribution is -2.57. The molecule has 4 N–H and O–H groups in total. The van der Waals surface area contributed by atoms with Gasteiger partial charge in [0.25, 0.3) is 31.6 Å².